The minimum absolute atomic E-state index is 0.125. The first-order valence-corrected chi connectivity index (χ1v) is 6.61. The van der Waals surface area contributed by atoms with Crippen molar-refractivity contribution < 1.29 is 4.79 Å². The summed E-state index contributed by atoms with van der Waals surface area (Å²) in [6.07, 6.45) is 0. The van der Waals surface area contributed by atoms with Gasteiger partial charge in [-0.25, -0.2) is 0 Å². The molecule has 0 aromatic carbocycles. The smallest absolute Gasteiger partial charge is 0.225 e. The average Bonchev–Trinajstić information content (AvgIpc) is 2.86. The predicted octanol–water partition coefficient (Wildman–Crippen LogP) is 1.78. The molecule has 1 aromatic heterocycles. The first kappa shape index (κ1) is 11.6. The Bertz CT molecular complexity index is 350. The Kier molecular flexibility index (Phi) is 3.61. The van der Waals surface area contributed by atoms with E-state index in [9.17, 15) is 4.79 Å². The Balaban J connectivity index is 1.92. The number of hydrogen-bond acceptors (Lipinski definition) is 3. The number of hydrogen-bond donors (Lipinski definition) is 2. The van der Waals surface area contributed by atoms with Crippen LogP contribution in [0, 0.1) is 11.8 Å². The number of carbonyl (C=O) groups excluding carboxylic acids is 1. The van der Waals surface area contributed by atoms with Crippen molar-refractivity contribution in [2.75, 3.05) is 13.1 Å². The van der Waals surface area contributed by atoms with Gasteiger partial charge in [-0.1, -0.05) is 13.0 Å². The minimum Gasteiger partial charge on any atom is -0.348 e. The predicted molar refractivity (Wildman–Crippen MR) is 66.4 cm³/mol. The summed E-state index contributed by atoms with van der Waals surface area (Å²) in [4.78, 5) is 13.2. The zero-order chi connectivity index (χ0) is 11.5. The van der Waals surface area contributed by atoms with Crippen LogP contribution in [0.25, 0.3) is 0 Å². The lowest BCUT2D eigenvalue weighted by Crippen LogP contribution is -2.35. The van der Waals surface area contributed by atoms with E-state index in [2.05, 4.69) is 23.6 Å². The summed E-state index contributed by atoms with van der Waals surface area (Å²) in [5.41, 5.74) is 0. The zero-order valence-corrected chi connectivity index (χ0v) is 10.5. The molecule has 88 valence electrons. The lowest BCUT2D eigenvalue weighted by Gasteiger charge is -2.18. The molecule has 1 aliphatic heterocycles. The van der Waals surface area contributed by atoms with Crippen LogP contribution in [-0.4, -0.2) is 19.0 Å². The van der Waals surface area contributed by atoms with Crippen molar-refractivity contribution in [3.8, 4) is 0 Å². The molecule has 1 aliphatic rings. The molecule has 0 spiro atoms. The van der Waals surface area contributed by atoms with Crippen LogP contribution in [-0.2, 0) is 4.79 Å². The fourth-order valence-electron chi connectivity index (χ4n) is 2.09. The van der Waals surface area contributed by atoms with Gasteiger partial charge >= 0.3 is 0 Å². The summed E-state index contributed by atoms with van der Waals surface area (Å²) in [7, 11) is 0. The molecule has 1 amide bonds. The Labute approximate surface area is 100 Å². The van der Waals surface area contributed by atoms with Gasteiger partial charge in [-0.15, -0.1) is 11.3 Å². The number of carbonyl (C=O) groups is 1. The lowest BCUT2D eigenvalue weighted by molar-refractivity contribution is -0.126. The van der Waals surface area contributed by atoms with Crippen molar-refractivity contribution in [2.24, 2.45) is 11.8 Å². The highest BCUT2D eigenvalue weighted by molar-refractivity contribution is 7.10. The highest BCUT2D eigenvalue weighted by Crippen LogP contribution is 2.21. The first-order valence-electron chi connectivity index (χ1n) is 5.73. The molecule has 2 rings (SSSR count). The van der Waals surface area contributed by atoms with Crippen LogP contribution >= 0.6 is 11.3 Å². The van der Waals surface area contributed by atoms with E-state index >= 15 is 0 Å². The molecule has 0 saturated carbocycles. The van der Waals surface area contributed by atoms with Crippen molar-refractivity contribution in [2.45, 2.75) is 19.9 Å². The van der Waals surface area contributed by atoms with E-state index in [1.165, 1.54) is 4.88 Å². The number of amides is 1. The van der Waals surface area contributed by atoms with Gasteiger partial charge in [-0.3, -0.25) is 4.79 Å². The second kappa shape index (κ2) is 4.97. The molecular weight excluding hydrogens is 220 g/mol. The van der Waals surface area contributed by atoms with Gasteiger partial charge in [0.1, 0.15) is 0 Å². The third-order valence-corrected chi connectivity index (χ3v) is 4.24. The van der Waals surface area contributed by atoms with Crippen LogP contribution in [0.2, 0.25) is 0 Å². The largest absolute Gasteiger partial charge is 0.348 e. The fraction of sp³-hybridized carbons (Fsp3) is 0.583. The first-order chi connectivity index (χ1) is 7.68. The molecule has 2 heterocycles. The quantitative estimate of drug-likeness (QED) is 0.843. The second-order valence-electron chi connectivity index (χ2n) is 4.49. The van der Waals surface area contributed by atoms with Crippen molar-refractivity contribution in [3.63, 3.8) is 0 Å². The molecule has 0 radical (unpaired) electrons. The molecule has 1 aromatic rings. The lowest BCUT2D eigenvalue weighted by atomic mass is 9.97. The van der Waals surface area contributed by atoms with Crippen LogP contribution < -0.4 is 10.6 Å². The minimum atomic E-state index is 0.125. The fourth-order valence-corrected chi connectivity index (χ4v) is 2.82. The zero-order valence-electron chi connectivity index (χ0n) is 9.69. The van der Waals surface area contributed by atoms with Gasteiger partial charge in [0.05, 0.1) is 12.0 Å². The van der Waals surface area contributed by atoms with Crippen LogP contribution in [0.4, 0.5) is 0 Å². The molecule has 3 nitrogen and oxygen atoms in total. The molecule has 16 heavy (non-hydrogen) atoms. The maximum absolute atomic E-state index is 12.0. The summed E-state index contributed by atoms with van der Waals surface area (Å²) in [6, 6.07) is 4.20. The molecule has 0 aliphatic carbocycles. The summed E-state index contributed by atoms with van der Waals surface area (Å²) in [5.74, 6) is 0.747. The van der Waals surface area contributed by atoms with Gasteiger partial charge in [0.2, 0.25) is 5.91 Å². The van der Waals surface area contributed by atoms with E-state index in [1.807, 2.05) is 18.4 Å². The van der Waals surface area contributed by atoms with Crippen molar-refractivity contribution in [1.29, 1.82) is 0 Å². The molecule has 0 bridgehead atoms. The topological polar surface area (TPSA) is 41.1 Å². The molecular formula is C12H18N2OS. The van der Waals surface area contributed by atoms with E-state index in [0.29, 0.717) is 5.92 Å². The summed E-state index contributed by atoms with van der Waals surface area (Å²) < 4.78 is 0. The molecule has 4 heteroatoms. The number of nitrogens with one attached hydrogen (secondary N) is 2. The van der Waals surface area contributed by atoms with E-state index in [1.54, 1.807) is 11.3 Å². The maximum Gasteiger partial charge on any atom is 0.225 e. The highest BCUT2D eigenvalue weighted by atomic mass is 32.1. The third kappa shape index (κ3) is 2.44. The van der Waals surface area contributed by atoms with E-state index < -0.39 is 0 Å². The summed E-state index contributed by atoms with van der Waals surface area (Å²) in [5, 5.41) is 8.38. The Morgan fingerprint density at radius 2 is 2.44 bits per heavy atom. The van der Waals surface area contributed by atoms with Crippen molar-refractivity contribution >= 4 is 17.2 Å². The van der Waals surface area contributed by atoms with E-state index in [0.717, 1.165) is 13.1 Å². The normalized spacial score (nSPS) is 26.6. The monoisotopic (exact) mass is 238 g/mol. The van der Waals surface area contributed by atoms with Crippen LogP contribution in [0.1, 0.15) is 24.8 Å². The number of thiophene rings is 1. The van der Waals surface area contributed by atoms with Gasteiger partial charge in [-0.05, 0) is 30.8 Å². The van der Waals surface area contributed by atoms with Crippen LogP contribution in [0.15, 0.2) is 17.5 Å². The van der Waals surface area contributed by atoms with E-state index in [4.69, 9.17) is 0 Å². The molecule has 3 atom stereocenters. The highest BCUT2D eigenvalue weighted by Gasteiger charge is 2.30. The number of rotatable bonds is 3. The van der Waals surface area contributed by atoms with Gasteiger partial charge in [0.25, 0.3) is 0 Å². The Hall–Kier alpha value is -0.870. The van der Waals surface area contributed by atoms with Gasteiger partial charge in [0.15, 0.2) is 0 Å². The third-order valence-electron chi connectivity index (χ3n) is 3.18. The van der Waals surface area contributed by atoms with Gasteiger partial charge in [-0.2, -0.15) is 0 Å². The Morgan fingerprint density at radius 3 is 3.00 bits per heavy atom. The van der Waals surface area contributed by atoms with Gasteiger partial charge in [0, 0.05) is 11.4 Å². The molecule has 2 N–H and O–H groups in total. The second-order valence-corrected chi connectivity index (χ2v) is 5.47. The standard InChI is InChI=1S/C12H18N2OS/c1-8-6-13-7-10(8)12(15)14-9(2)11-4-3-5-16-11/h3-5,8-10,13H,6-7H2,1-2H3,(H,14,15)/t8-,9?,10-/m1/s1. The summed E-state index contributed by atoms with van der Waals surface area (Å²) >= 11 is 1.69. The van der Waals surface area contributed by atoms with Crippen molar-refractivity contribution in [3.05, 3.63) is 22.4 Å². The van der Waals surface area contributed by atoms with Crippen LogP contribution in [0.3, 0.4) is 0 Å². The van der Waals surface area contributed by atoms with Crippen molar-refractivity contribution in [1.82, 2.24) is 10.6 Å². The SMILES string of the molecule is CC(NC(=O)[C@@H]1CNC[C@H]1C)c1cccs1. The average molecular weight is 238 g/mol. The van der Waals surface area contributed by atoms with Gasteiger partial charge < -0.3 is 10.6 Å². The molecule has 1 unspecified atom stereocenters. The summed E-state index contributed by atoms with van der Waals surface area (Å²) in [6.45, 7) is 5.92. The Morgan fingerprint density at radius 1 is 1.62 bits per heavy atom. The maximum atomic E-state index is 12.0. The van der Waals surface area contributed by atoms with E-state index in [-0.39, 0.29) is 17.9 Å². The molecule has 1 fully saturated rings. The van der Waals surface area contributed by atoms with Crippen LogP contribution in [0.5, 0.6) is 0 Å². The molecule has 1 saturated heterocycles.